The van der Waals surface area contributed by atoms with Crippen molar-refractivity contribution < 1.29 is 32.6 Å². The smallest absolute Gasteiger partial charge is 0.416 e. The van der Waals surface area contributed by atoms with Gasteiger partial charge in [0.05, 0.1) is 16.9 Å². The number of carbonyl (C=O) groups excluding carboxylic acids is 1. The zero-order chi connectivity index (χ0) is 27.5. The van der Waals surface area contributed by atoms with E-state index < -0.39 is 17.7 Å². The Hall–Kier alpha value is -3.33. The van der Waals surface area contributed by atoms with Gasteiger partial charge < -0.3 is 15.2 Å². The molecular formula is C28H30F3NO4S. The number of nitrogens with one attached hydrogen (secondary N) is 1. The second-order valence-electron chi connectivity index (χ2n) is 9.97. The molecule has 0 aliphatic rings. The number of halogens is 3. The largest absolute Gasteiger partial charge is 0.484 e. The maximum Gasteiger partial charge on any atom is 0.416 e. The van der Waals surface area contributed by atoms with Gasteiger partial charge >= 0.3 is 12.1 Å². The van der Waals surface area contributed by atoms with Crippen LogP contribution in [0.15, 0.2) is 48.5 Å². The Kier molecular flexibility index (Phi) is 8.37. The fourth-order valence-electron chi connectivity index (χ4n) is 4.06. The third-order valence-electron chi connectivity index (χ3n) is 5.78. The Balaban J connectivity index is 1.84. The van der Waals surface area contributed by atoms with Crippen molar-refractivity contribution in [3.8, 4) is 16.9 Å². The van der Waals surface area contributed by atoms with E-state index in [0.717, 1.165) is 33.7 Å². The molecule has 0 saturated carbocycles. The molecule has 1 amide bonds. The van der Waals surface area contributed by atoms with Gasteiger partial charge in [-0.15, -0.1) is 11.3 Å². The minimum absolute atomic E-state index is 0.0461. The third kappa shape index (κ3) is 7.13. The summed E-state index contributed by atoms with van der Waals surface area (Å²) >= 11 is 1.29. The topological polar surface area (TPSA) is 75.6 Å². The zero-order valence-electron chi connectivity index (χ0n) is 21.3. The van der Waals surface area contributed by atoms with Crippen LogP contribution in [-0.2, 0) is 11.0 Å². The molecule has 1 aromatic heterocycles. The number of ether oxygens (including phenoxy) is 1. The van der Waals surface area contributed by atoms with Gasteiger partial charge in [0.25, 0.3) is 5.91 Å². The van der Waals surface area contributed by atoms with E-state index in [1.807, 2.05) is 52.8 Å². The van der Waals surface area contributed by atoms with Crippen molar-refractivity contribution in [3.05, 3.63) is 75.0 Å². The summed E-state index contributed by atoms with van der Waals surface area (Å²) in [6.45, 7) is 9.92. The number of alkyl halides is 3. The van der Waals surface area contributed by atoms with Gasteiger partial charge in [0, 0.05) is 16.8 Å². The van der Waals surface area contributed by atoms with Gasteiger partial charge in [-0.05, 0) is 72.5 Å². The number of rotatable bonds is 8. The Morgan fingerprint density at radius 1 is 1.00 bits per heavy atom. The molecule has 0 aliphatic heterocycles. The van der Waals surface area contributed by atoms with Crippen LogP contribution in [-0.4, -0.2) is 23.5 Å². The molecule has 0 fully saturated rings. The molecule has 0 saturated heterocycles. The van der Waals surface area contributed by atoms with Crippen molar-refractivity contribution in [2.75, 3.05) is 6.54 Å². The standard InChI is InChI=1S/C28H30F3NO4S/c1-16-14-20(15-17(2)24(16)18-6-8-19(9-7-18)28(29,30)31)36-25(27(3,4)5)21-10-11-22(37-21)26(35)32-13-12-23(33)34/h6-11,14-15,25H,12-13H2,1-5H3,(H,32,35)(H,33,34). The zero-order valence-corrected chi connectivity index (χ0v) is 22.1. The number of carbonyl (C=O) groups is 2. The van der Waals surface area contributed by atoms with Crippen LogP contribution in [0.1, 0.15) is 64.5 Å². The number of hydrogen-bond donors (Lipinski definition) is 2. The molecule has 0 aliphatic carbocycles. The van der Waals surface area contributed by atoms with Crippen LogP contribution < -0.4 is 10.1 Å². The molecule has 0 bridgehead atoms. The highest BCUT2D eigenvalue weighted by Crippen LogP contribution is 2.42. The van der Waals surface area contributed by atoms with Crippen molar-refractivity contribution >= 4 is 23.2 Å². The Bertz CT molecular complexity index is 1250. The van der Waals surface area contributed by atoms with Gasteiger partial charge in [-0.2, -0.15) is 13.2 Å². The van der Waals surface area contributed by atoms with Crippen molar-refractivity contribution in [3.63, 3.8) is 0 Å². The summed E-state index contributed by atoms with van der Waals surface area (Å²) in [6.07, 6.45) is -4.92. The summed E-state index contributed by atoms with van der Waals surface area (Å²) in [4.78, 5) is 24.4. The van der Waals surface area contributed by atoms with E-state index in [4.69, 9.17) is 9.84 Å². The molecule has 2 aromatic carbocycles. The summed E-state index contributed by atoms with van der Waals surface area (Å²) < 4.78 is 45.3. The van der Waals surface area contributed by atoms with E-state index in [9.17, 15) is 22.8 Å². The first-order chi connectivity index (χ1) is 17.2. The fraction of sp³-hybridized carbons (Fsp3) is 0.357. The van der Waals surface area contributed by atoms with Crippen LogP contribution >= 0.6 is 11.3 Å². The quantitative estimate of drug-likeness (QED) is 0.316. The number of thiophene rings is 1. The van der Waals surface area contributed by atoms with Crippen molar-refractivity contribution in [2.24, 2.45) is 5.41 Å². The molecule has 0 radical (unpaired) electrons. The molecule has 0 spiro atoms. The van der Waals surface area contributed by atoms with Crippen LogP contribution in [0, 0.1) is 19.3 Å². The van der Waals surface area contributed by atoms with Gasteiger partial charge in [0.1, 0.15) is 11.9 Å². The highest BCUT2D eigenvalue weighted by Gasteiger charge is 2.31. The number of amides is 1. The number of carboxylic acids is 1. The van der Waals surface area contributed by atoms with E-state index in [-0.39, 0.29) is 30.4 Å². The summed E-state index contributed by atoms with van der Waals surface area (Å²) in [6, 6.07) is 12.4. The molecule has 5 nitrogen and oxygen atoms in total. The van der Waals surface area contributed by atoms with Gasteiger partial charge in [0.15, 0.2) is 0 Å². The van der Waals surface area contributed by atoms with Crippen LogP contribution in [0.3, 0.4) is 0 Å². The highest BCUT2D eigenvalue weighted by molar-refractivity contribution is 7.14. The molecule has 1 atom stereocenters. The third-order valence-corrected chi connectivity index (χ3v) is 6.91. The molecule has 1 unspecified atom stereocenters. The lowest BCUT2D eigenvalue weighted by Crippen LogP contribution is -2.25. The van der Waals surface area contributed by atoms with E-state index in [1.165, 1.54) is 23.5 Å². The van der Waals surface area contributed by atoms with Crippen molar-refractivity contribution in [1.82, 2.24) is 5.32 Å². The van der Waals surface area contributed by atoms with Crippen LogP contribution in [0.5, 0.6) is 5.75 Å². The maximum absolute atomic E-state index is 13.0. The normalized spacial score (nSPS) is 12.8. The lowest BCUT2D eigenvalue weighted by Gasteiger charge is -2.31. The van der Waals surface area contributed by atoms with E-state index >= 15 is 0 Å². The second-order valence-corrected chi connectivity index (χ2v) is 11.1. The number of carboxylic acid groups (broad SMARTS) is 1. The highest BCUT2D eigenvalue weighted by atomic mass is 32.1. The first-order valence-corrected chi connectivity index (χ1v) is 12.5. The van der Waals surface area contributed by atoms with Gasteiger partial charge in [-0.3, -0.25) is 9.59 Å². The predicted molar refractivity (Wildman–Crippen MR) is 138 cm³/mol. The molecule has 198 valence electrons. The Morgan fingerprint density at radius 3 is 2.11 bits per heavy atom. The molecule has 37 heavy (non-hydrogen) atoms. The SMILES string of the molecule is Cc1cc(OC(c2ccc(C(=O)NCCC(=O)O)s2)C(C)(C)C)cc(C)c1-c1ccc(C(F)(F)F)cc1. The number of aryl methyl sites for hydroxylation is 2. The number of hydrogen-bond acceptors (Lipinski definition) is 4. The van der Waals surface area contributed by atoms with Crippen LogP contribution in [0.4, 0.5) is 13.2 Å². The minimum Gasteiger partial charge on any atom is -0.484 e. The predicted octanol–water partition coefficient (Wildman–Crippen LogP) is 7.42. The number of aliphatic carboxylic acids is 1. The maximum atomic E-state index is 13.0. The average Bonchev–Trinajstić information content (AvgIpc) is 3.25. The fourth-order valence-corrected chi connectivity index (χ4v) is 5.26. The lowest BCUT2D eigenvalue weighted by atomic mass is 9.88. The molecule has 1 heterocycles. The molecule has 3 rings (SSSR count). The Morgan fingerprint density at radius 2 is 1.59 bits per heavy atom. The lowest BCUT2D eigenvalue weighted by molar-refractivity contribution is -0.138. The van der Waals surface area contributed by atoms with Gasteiger partial charge in [-0.25, -0.2) is 0 Å². The van der Waals surface area contributed by atoms with Gasteiger partial charge in [-0.1, -0.05) is 32.9 Å². The van der Waals surface area contributed by atoms with Crippen LogP contribution in [0.2, 0.25) is 0 Å². The first kappa shape index (κ1) is 28.2. The van der Waals surface area contributed by atoms with E-state index in [2.05, 4.69) is 5.32 Å². The van der Waals surface area contributed by atoms with Crippen molar-refractivity contribution in [2.45, 2.75) is 53.3 Å². The molecule has 3 aromatic rings. The average molecular weight is 534 g/mol. The second kappa shape index (κ2) is 11.0. The van der Waals surface area contributed by atoms with Crippen LogP contribution in [0.25, 0.3) is 11.1 Å². The monoisotopic (exact) mass is 533 g/mol. The minimum atomic E-state index is -4.39. The summed E-state index contributed by atoms with van der Waals surface area (Å²) in [5, 5.41) is 11.4. The van der Waals surface area contributed by atoms with Crippen molar-refractivity contribution in [1.29, 1.82) is 0 Å². The van der Waals surface area contributed by atoms with Gasteiger partial charge in [0.2, 0.25) is 0 Å². The first-order valence-electron chi connectivity index (χ1n) is 11.7. The van der Waals surface area contributed by atoms with E-state index in [0.29, 0.717) is 16.2 Å². The summed E-state index contributed by atoms with van der Waals surface area (Å²) in [7, 11) is 0. The van der Waals surface area contributed by atoms with E-state index in [1.54, 1.807) is 6.07 Å². The summed E-state index contributed by atoms with van der Waals surface area (Å²) in [5.41, 5.74) is 2.27. The Labute approximate surface area is 218 Å². The molecule has 9 heteroatoms. The molecular weight excluding hydrogens is 503 g/mol. The molecule has 2 N–H and O–H groups in total. The summed E-state index contributed by atoms with van der Waals surface area (Å²) in [5.74, 6) is -0.701. The number of benzene rings is 2.